The van der Waals surface area contributed by atoms with Crippen molar-refractivity contribution in [1.82, 2.24) is 0 Å². The van der Waals surface area contributed by atoms with E-state index in [0.717, 1.165) is 17.7 Å². The van der Waals surface area contributed by atoms with Crippen molar-refractivity contribution in [3.8, 4) is 0 Å². The van der Waals surface area contributed by atoms with Gasteiger partial charge in [-0.2, -0.15) is 13.2 Å². The lowest BCUT2D eigenvalue weighted by Gasteiger charge is -2.24. The second-order valence-electron chi connectivity index (χ2n) is 6.48. The zero-order valence-electron chi connectivity index (χ0n) is 13.4. The fourth-order valence-corrected chi connectivity index (χ4v) is 5.12. The molecule has 0 N–H and O–H groups in total. The molecule has 0 aliphatic carbocycles. The van der Waals surface area contributed by atoms with E-state index in [4.69, 9.17) is 0 Å². The van der Waals surface area contributed by atoms with Crippen LogP contribution >= 0.6 is 0 Å². The molecule has 1 rings (SSSR count). The highest BCUT2D eigenvalue weighted by molar-refractivity contribution is 6.89. The summed E-state index contributed by atoms with van der Waals surface area (Å²) in [6.45, 7) is 6.55. The van der Waals surface area contributed by atoms with Gasteiger partial charge in [0.2, 0.25) is 0 Å². The third-order valence-corrected chi connectivity index (χ3v) is 7.60. The number of rotatable bonds is 8. The molecule has 0 atom stereocenters. The van der Waals surface area contributed by atoms with Crippen molar-refractivity contribution in [3.63, 3.8) is 0 Å². The average Bonchev–Trinajstić information content (AvgIpc) is 2.42. The maximum atomic E-state index is 12.8. The summed E-state index contributed by atoms with van der Waals surface area (Å²) in [7, 11) is -1.76. The monoisotopic (exact) mass is 316 g/mol. The second kappa shape index (κ2) is 8.02. The van der Waals surface area contributed by atoms with Gasteiger partial charge >= 0.3 is 6.18 Å². The zero-order valence-corrected chi connectivity index (χ0v) is 14.4. The molecule has 0 aliphatic heterocycles. The van der Waals surface area contributed by atoms with Crippen molar-refractivity contribution in [2.45, 2.75) is 70.8 Å². The fraction of sp³-hybridized carbons (Fsp3) is 0.647. The van der Waals surface area contributed by atoms with Crippen molar-refractivity contribution in [2.24, 2.45) is 0 Å². The minimum absolute atomic E-state index is 0.511. The largest absolute Gasteiger partial charge is 0.416 e. The lowest BCUT2D eigenvalue weighted by molar-refractivity contribution is -0.137. The van der Waals surface area contributed by atoms with Crippen LogP contribution in [0.1, 0.15) is 51.0 Å². The Morgan fingerprint density at radius 3 is 2.19 bits per heavy atom. The number of alkyl halides is 3. The number of halogens is 3. The number of benzene rings is 1. The molecule has 0 saturated carbocycles. The molecule has 1 aromatic rings. The molecule has 0 bridgehead atoms. The van der Waals surface area contributed by atoms with E-state index in [0.29, 0.717) is 0 Å². The van der Waals surface area contributed by atoms with Crippen LogP contribution in [0.4, 0.5) is 13.2 Å². The van der Waals surface area contributed by atoms with Gasteiger partial charge in [-0.15, -0.1) is 0 Å². The van der Waals surface area contributed by atoms with Crippen LogP contribution in [-0.2, 0) is 6.18 Å². The average molecular weight is 316 g/mol. The molecule has 0 heterocycles. The first kappa shape index (κ1) is 18.3. The normalized spacial score (nSPS) is 12.7. The van der Waals surface area contributed by atoms with Gasteiger partial charge in [-0.05, 0) is 0 Å². The van der Waals surface area contributed by atoms with E-state index in [-0.39, 0.29) is 0 Å². The number of hydrogen-bond donors (Lipinski definition) is 0. The van der Waals surface area contributed by atoms with E-state index in [1.807, 2.05) is 6.07 Å². The minimum Gasteiger partial charge on any atom is -0.166 e. The Balaban J connectivity index is 2.57. The Kier molecular flexibility index (Phi) is 6.98. The lowest BCUT2D eigenvalue weighted by atomic mass is 10.1. The summed E-state index contributed by atoms with van der Waals surface area (Å²) in [5, 5.41) is 0.922. The molecule has 0 radical (unpaired) electrons. The molecule has 0 saturated heterocycles. The summed E-state index contributed by atoms with van der Waals surface area (Å²) in [5.41, 5.74) is -0.511. The van der Waals surface area contributed by atoms with Crippen LogP contribution in [0.5, 0.6) is 0 Å². The molecular formula is C17H27F3Si. The van der Waals surface area contributed by atoms with Gasteiger partial charge in [0, 0.05) is 0 Å². The zero-order chi connectivity index (χ0) is 15.9. The van der Waals surface area contributed by atoms with Gasteiger partial charge < -0.3 is 0 Å². The Hall–Kier alpha value is -0.773. The molecule has 0 aliphatic rings. The van der Waals surface area contributed by atoms with Gasteiger partial charge in [0.1, 0.15) is 0 Å². The molecule has 0 fully saturated rings. The molecule has 0 aromatic heterocycles. The van der Waals surface area contributed by atoms with Crippen LogP contribution in [0.15, 0.2) is 24.3 Å². The Bertz CT molecular complexity index is 424. The molecule has 120 valence electrons. The van der Waals surface area contributed by atoms with Crippen molar-refractivity contribution < 1.29 is 13.2 Å². The van der Waals surface area contributed by atoms with Gasteiger partial charge in [-0.3, -0.25) is 0 Å². The first-order valence-corrected chi connectivity index (χ1v) is 11.2. The Morgan fingerprint density at radius 1 is 0.952 bits per heavy atom. The molecule has 1 aromatic carbocycles. The summed E-state index contributed by atoms with van der Waals surface area (Å²) < 4.78 is 38.4. The van der Waals surface area contributed by atoms with Gasteiger partial charge in [-0.25, -0.2) is 0 Å². The smallest absolute Gasteiger partial charge is 0.166 e. The number of unbranched alkanes of at least 4 members (excludes halogenated alkanes) is 5. The van der Waals surface area contributed by atoms with Crippen LogP contribution < -0.4 is 5.19 Å². The predicted molar refractivity (Wildman–Crippen MR) is 86.7 cm³/mol. The highest BCUT2D eigenvalue weighted by atomic mass is 28.3. The Labute approximate surface area is 127 Å². The highest BCUT2D eigenvalue weighted by Crippen LogP contribution is 2.29. The SMILES string of the molecule is CCCCCCCC[Si](C)(C)c1cccc(C(F)(F)F)c1. The van der Waals surface area contributed by atoms with Crippen LogP contribution in [-0.4, -0.2) is 8.07 Å². The summed E-state index contributed by atoms with van der Waals surface area (Å²) in [5.74, 6) is 0. The van der Waals surface area contributed by atoms with E-state index in [1.165, 1.54) is 44.2 Å². The van der Waals surface area contributed by atoms with Crippen molar-refractivity contribution >= 4 is 13.3 Å². The fourth-order valence-electron chi connectivity index (χ4n) is 2.61. The second-order valence-corrected chi connectivity index (χ2v) is 11.3. The molecular weight excluding hydrogens is 289 g/mol. The maximum absolute atomic E-state index is 12.8. The summed E-state index contributed by atoms with van der Waals surface area (Å²) in [4.78, 5) is 0. The van der Waals surface area contributed by atoms with Gasteiger partial charge in [0.15, 0.2) is 0 Å². The topological polar surface area (TPSA) is 0 Å². The molecule has 0 nitrogen and oxygen atoms in total. The molecule has 4 heteroatoms. The standard InChI is InChI=1S/C17H27F3Si/c1-4-5-6-7-8-9-13-21(2,3)16-12-10-11-15(14-16)17(18,19)20/h10-12,14H,4-9,13H2,1-3H3. The van der Waals surface area contributed by atoms with Gasteiger partial charge in [0.25, 0.3) is 0 Å². The lowest BCUT2D eigenvalue weighted by Crippen LogP contribution is -2.41. The quantitative estimate of drug-likeness (QED) is 0.409. The summed E-state index contributed by atoms with van der Waals surface area (Å²) >= 11 is 0. The van der Waals surface area contributed by atoms with Crippen molar-refractivity contribution in [1.29, 1.82) is 0 Å². The molecule has 0 spiro atoms. The van der Waals surface area contributed by atoms with Crippen molar-refractivity contribution in [2.75, 3.05) is 0 Å². The minimum atomic E-state index is -4.24. The van der Waals surface area contributed by atoms with E-state index in [2.05, 4.69) is 20.0 Å². The first-order chi connectivity index (χ1) is 9.77. The van der Waals surface area contributed by atoms with Crippen LogP contribution in [0, 0.1) is 0 Å². The summed E-state index contributed by atoms with van der Waals surface area (Å²) in [6, 6.07) is 7.02. The first-order valence-electron chi connectivity index (χ1n) is 7.95. The molecule has 0 amide bonds. The number of hydrogen-bond acceptors (Lipinski definition) is 0. The molecule has 0 unspecified atom stereocenters. The van der Waals surface area contributed by atoms with Gasteiger partial charge in [-0.1, -0.05) is 94.0 Å². The highest BCUT2D eigenvalue weighted by Gasteiger charge is 2.32. The third-order valence-electron chi connectivity index (χ3n) is 4.13. The van der Waals surface area contributed by atoms with Crippen LogP contribution in [0.2, 0.25) is 19.1 Å². The Morgan fingerprint density at radius 2 is 1.57 bits per heavy atom. The van der Waals surface area contributed by atoms with Crippen LogP contribution in [0.3, 0.4) is 0 Å². The van der Waals surface area contributed by atoms with Crippen molar-refractivity contribution in [3.05, 3.63) is 29.8 Å². The van der Waals surface area contributed by atoms with E-state index >= 15 is 0 Å². The molecule has 21 heavy (non-hydrogen) atoms. The van der Waals surface area contributed by atoms with Gasteiger partial charge in [0.05, 0.1) is 13.6 Å². The maximum Gasteiger partial charge on any atom is 0.416 e. The van der Waals surface area contributed by atoms with E-state index < -0.39 is 19.8 Å². The third kappa shape index (κ3) is 6.25. The summed E-state index contributed by atoms with van der Waals surface area (Å²) in [6.07, 6.45) is 3.16. The predicted octanol–water partition coefficient (Wildman–Crippen LogP) is 5.98. The van der Waals surface area contributed by atoms with E-state index in [1.54, 1.807) is 6.07 Å². The van der Waals surface area contributed by atoms with E-state index in [9.17, 15) is 13.2 Å². The van der Waals surface area contributed by atoms with Crippen LogP contribution in [0.25, 0.3) is 0 Å².